The van der Waals surface area contributed by atoms with Gasteiger partial charge in [-0.25, -0.2) is 0 Å². The first kappa shape index (κ1) is 35.9. The molecule has 37 heavy (non-hydrogen) atoms. The van der Waals surface area contributed by atoms with E-state index < -0.39 is 30.3 Å². The Hall–Kier alpha value is -1.14. The Balaban J connectivity index is 4.66. The number of aliphatic carboxylic acids is 1. The van der Waals surface area contributed by atoms with Gasteiger partial charge in [-0.3, -0.25) is 9.59 Å². The summed E-state index contributed by atoms with van der Waals surface area (Å²) in [5, 5.41) is 29.5. The van der Waals surface area contributed by atoms with Crippen molar-refractivity contribution in [2.45, 2.75) is 180 Å². The van der Waals surface area contributed by atoms with Gasteiger partial charge in [0.15, 0.2) is 0 Å². The first-order chi connectivity index (χ1) is 17.9. The summed E-state index contributed by atoms with van der Waals surface area (Å²) in [5.41, 5.74) is -1.13. The zero-order chi connectivity index (χ0) is 27.6. The van der Waals surface area contributed by atoms with Crippen LogP contribution in [0.2, 0.25) is 0 Å². The molecule has 0 radical (unpaired) electrons. The molecule has 0 amide bonds. The Morgan fingerprint density at radius 2 is 0.973 bits per heavy atom. The molecule has 0 aliphatic heterocycles. The average molecular weight is 529 g/mol. The lowest BCUT2D eigenvalue weighted by Crippen LogP contribution is -2.48. The van der Waals surface area contributed by atoms with Gasteiger partial charge in [0.2, 0.25) is 0 Å². The summed E-state index contributed by atoms with van der Waals surface area (Å²) in [6.45, 7) is 3.99. The Kier molecular flexibility index (Phi) is 24.4. The quantitative estimate of drug-likeness (QED) is 0.0700. The lowest BCUT2D eigenvalue weighted by Gasteiger charge is -2.37. The summed E-state index contributed by atoms with van der Waals surface area (Å²) in [6.07, 6.45) is 23.1. The standard InChI is InChI=1S/C31H60O6/c1-3-5-7-9-11-13-15-17-19-21-25-31(28(33)27-32,37-30(36)24-23-29(34)35)26-22-20-18-16-14-12-10-8-6-4-2/h28,32-33H,3-27H2,1-2H3,(H,34,35). The SMILES string of the molecule is CCCCCCCCCCCCC(CCCCCCCCCCCC)(OC(=O)CCC(=O)O)C(O)CO. The van der Waals surface area contributed by atoms with E-state index in [0.29, 0.717) is 12.8 Å². The van der Waals surface area contributed by atoms with Gasteiger partial charge in [-0.1, -0.05) is 129 Å². The molecule has 0 aliphatic carbocycles. The third-order valence-corrected chi connectivity index (χ3v) is 7.55. The Labute approximate surface area is 228 Å². The molecule has 3 N–H and O–H groups in total. The van der Waals surface area contributed by atoms with E-state index in [9.17, 15) is 19.8 Å². The number of carbonyl (C=O) groups excluding carboxylic acids is 1. The number of ether oxygens (including phenoxy) is 1. The first-order valence-electron chi connectivity index (χ1n) is 15.6. The van der Waals surface area contributed by atoms with Crippen LogP contribution in [-0.4, -0.2) is 45.6 Å². The van der Waals surface area contributed by atoms with Crippen LogP contribution in [0.1, 0.15) is 168 Å². The van der Waals surface area contributed by atoms with Crippen LogP contribution in [-0.2, 0) is 14.3 Å². The number of carboxylic acids is 1. The normalized spacial score (nSPS) is 12.5. The maximum atomic E-state index is 12.5. The minimum atomic E-state index is -1.15. The molecule has 0 spiro atoms. The molecule has 1 unspecified atom stereocenters. The maximum Gasteiger partial charge on any atom is 0.307 e. The van der Waals surface area contributed by atoms with Crippen LogP contribution in [0.4, 0.5) is 0 Å². The fourth-order valence-electron chi connectivity index (χ4n) is 5.10. The van der Waals surface area contributed by atoms with E-state index in [-0.39, 0.29) is 12.8 Å². The van der Waals surface area contributed by atoms with Crippen molar-refractivity contribution in [2.24, 2.45) is 0 Å². The number of carbonyl (C=O) groups is 2. The van der Waals surface area contributed by atoms with E-state index >= 15 is 0 Å². The fraction of sp³-hybridized carbons (Fsp3) is 0.935. The summed E-state index contributed by atoms with van der Waals surface area (Å²) < 4.78 is 5.79. The smallest absolute Gasteiger partial charge is 0.307 e. The molecule has 6 heteroatoms. The minimum absolute atomic E-state index is 0.217. The first-order valence-corrected chi connectivity index (χ1v) is 15.6. The van der Waals surface area contributed by atoms with Gasteiger partial charge in [0.1, 0.15) is 11.7 Å². The molecule has 1 atom stereocenters. The molecule has 220 valence electrons. The fourth-order valence-corrected chi connectivity index (χ4v) is 5.10. The second-order valence-electron chi connectivity index (χ2n) is 11.0. The van der Waals surface area contributed by atoms with Gasteiger partial charge >= 0.3 is 11.9 Å². The van der Waals surface area contributed by atoms with Gasteiger partial charge in [0, 0.05) is 0 Å². The van der Waals surface area contributed by atoms with E-state index in [2.05, 4.69) is 13.8 Å². The van der Waals surface area contributed by atoms with Gasteiger partial charge in [-0.05, 0) is 25.7 Å². The van der Waals surface area contributed by atoms with E-state index in [1.54, 1.807) is 0 Å². The Bertz CT molecular complexity index is 512. The predicted octanol–water partition coefficient (Wildman–Crippen LogP) is 8.11. The lowest BCUT2D eigenvalue weighted by molar-refractivity contribution is -0.182. The third-order valence-electron chi connectivity index (χ3n) is 7.55. The second-order valence-corrected chi connectivity index (χ2v) is 11.0. The number of carboxylic acid groups (broad SMARTS) is 1. The number of rotatable bonds is 28. The molecular formula is C31H60O6. The van der Waals surface area contributed by atoms with Crippen molar-refractivity contribution >= 4 is 11.9 Å². The zero-order valence-corrected chi connectivity index (χ0v) is 24.3. The van der Waals surface area contributed by atoms with Gasteiger partial charge in [0.05, 0.1) is 19.4 Å². The highest BCUT2D eigenvalue weighted by molar-refractivity contribution is 5.76. The number of hydrogen-bond acceptors (Lipinski definition) is 5. The molecule has 0 aliphatic rings. The van der Waals surface area contributed by atoms with Crippen molar-refractivity contribution < 1.29 is 29.6 Å². The average Bonchev–Trinajstić information content (AvgIpc) is 2.88. The topological polar surface area (TPSA) is 104 Å². The van der Waals surface area contributed by atoms with Crippen LogP contribution in [0.15, 0.2) is 0 Å². The molecule has 0 heterocycles. The number of esters is 1. The highest BCUT2D eigenvalue weighted by atomic mass is 16.6. The number of aliphatic hydroxyl groups excluding tert-OH is 2. The van der Waals surface area contributed by atoms with Gasteiger partial charge < -0.3 is 20.1 Å². The highest BCUT2D eigenvalue weighted by Crippen LogP contribution is 2.32. The zero-order valence-electron chi connectivity index (χ0n) is 24.3. The van der Waals surface area contributed by atoms with Gasteiger partial charge in [-0.15, -0.1) is 0 Å². The number of hydrogen-bond donors (Lipinski definition) is 3. The van der Waals surface area contributed by atoms with Gasteiger partial charge in [0.25, 0.3) is 0 Å². The van der Waals surface area contributed by atoms with Crippen LogP contribution in [0.25, 0.3) is 0 Å². The van der Waals surface area contributed by atoms with Crippen LogP contribution in [0, 0.1) is 0 Å². The predicted molar refractivity (Wildman–Crippen MR) is 152 cm³/mol. The molecule has 6 nitrogen and oxygen atoms in total. The third kappa shape index (κ3) is 20.5. The van der Waals surface area contributed by atoms with Crippen LogP contribution in [0.5, 0.6) is 0 Å². The summed E-state index contributed by atoms with van der Waals surface area (Å²) in [4.78, 5) is 23.4. The van der Waals surface area contributed by atoms with E-state index in [1.165, 1.54) is 89.9 Å². The summed E-state index contributed by atoms with van der Waals surface area (Å²) in [5.74, 6) is -1.65. The minimum Gasteiger partial charge on any atom is -0.481 e. The Morgan fingerprint density at radius 3 is 1.30 bits per heavy atom. The second kappa shape index (κ2) is 25.2. The summed E-state index contributed by atoms with van der Waals surface area (Å²) >= 11 is 0. The molecule has 0 aromatic rings. The Morgan fingerprint density at radius 1 is 0.622 bits per heavy atom. The van der Waals surface area contributed by atoms with Crippen molar-refractivity contribution in [1.29, 1.82) is 0 Å². The monoisotopic (exact) mass is 528 g/mol. The molecule has 0 saturated heterocycles. The van der Waals surface area contributed by atoms with E-state index in [4.69, 9.17) is 9.84 Å². The summed E-state index contributed by atoms with van der Waals surface area (Å²) in [6, 6.07) is 0. The van der Waals surface area contributed by atoms with Crippen molar-refractivity contribution in [3.05, 3.63) is 0 Å². The van der Waals surface area contributed by atoms with Crippen LogP contribution in [0.3, 0.4) is 0 Å². The molecule has 0 saturated carbocycles. The van der Waals surface area contributed by atoms with Crippen LogP contribution < -0.4 is 0 Å². The largest absolute Gasteiger partial charge is 0.481 e. The van der Waals surface area contributed by atoms with Crippen LogP contribution >= 0.6 is 0 Å². The van der Waals surface area contributed by atoms with Gasteiger partial charge in [-0.2, -0.15) is 0 Å². The maximum absolute atomic E-state index is 12.5. The molecule has 0 fully saturated rings. The molecular weight excluding hydrogens is 468 g/mol. The molecule has 0 bridgehead atoms. The highest BCUT2D eigenvalue weighted by Gasteiger charge is 2.40. The van der Waals surface area contributed by atoms with Crippen molar-refractivity contribution in [3.8, 4) is 0 Å². The molecule has 0 rings (SSSR count). The number of aliphatic hydroxyl groups is 2. The molecule has 0 aromatic heterocycles. The lowest BCUT2D eigenvalue weighted by atomic mass is 9.84. The number of unbranched alkanes of at least 4 members (excludes halogenated alkanes) is 18. The van der Waals surface area contributed by atoms with Crippen molar-refractivity contribution in [1.82, 2.24) is 0 Å². The molecule has 0 aromatic carbocycles. The van der Waals surface area contributed by atoms with E-state index in [0.717, 1.165) is 38.5 Å². The van der Waals surface area contributed by atoms with Crippen molar-refractivity contribution in [3.63, 3.8) is 0 Å². The summed E-state index contributed by atoms with van der Waals surface area (Å²) in [7, 11) is 0. The van der Waals surface area contributed by atoms with Crippen molar-refractivity contribution in [2.75, 3.05) is 6.61 Å². The van der Waals surface area contributed by atoms with E-state index in [1.807, 2.05) is 0 Å².